The van der Waals surface area contributed by atoms with E-state index < -0.39 is 0 Å². The van der Waals surface area contributed by atoms with Gasteiger partial charge in [0.25, 0.3) is 0 Å². The molecule has 0 radical (unpaired) electrons. The number of nitrogens with one attached hydrogen (secondary N) is 2. The molecule has 0 saturated heterocycles. The van der Waals surface area contributed by atoms with Crippen molar-refractivity contribution < 1.29 is 9.53 Å². The van der Waals surface area contributed by atoms with Crippen molar-refractivity contribution in [1.82, 2.24) is 10.6 Å². The Kier molecular flexibility index (Phi) is 9.27. The van der Waals surface area contributed by atoms with Gasteiger partial charge in [0.1, 0.15) is 0 Å². The first-order valence-electron chi connectivity index (χ1n) is 5.67. The van der Waals surface area contributed by atoms with Crippen molar-refractivity contribution in [3.63, 3.8) is 0 Å². The lowest BCUT2D eigenvalue weighted by atomic mass is 10.1. The van der Waals surface area contributed by atoms with Gasteiger partial charge in [-0.15, -0.1) is 0 Å². The number of carbonyl (C=O) groups excluding carboxylic acids is 1. The van der Waals surface area contributed by atoms with Crippen LogP contribution in [0.4, 0.5) is 4.79 Å². The second-order valence-electron chi connectivity index (χ2n) is 4.07. The molecule has 2 N–H and O–H groups in total. The van der Waals surface area contributed by atoms with E-state index in [2.05, 4.69) is 24.5 Å². The van der Waals surface area contributed by atoms with Gasteiger partial charge in [0.15, 0.2) is 0 Å². The van der Waals surface area contributed by atoms with Gasteiger partial charge in [-0.2, -0.15) is 0 Å². The van der Waals surface area contributed by atoms with Gasteiger partial charge in [0.05, 0.1) is 0 Å². The van der Waals surface area contributed by atoms with E-state index >= 15 is 0 Å². The van der Waals surface area contributed by atoms with Crippen LogP contribution in [0.2, 0.25) is 0 Å². The molecule has 0 aromatic heterocycles. The number of methoxy groups -OCH3 is 1. The first kappa shape index (κ1) is 14.2. The highest BCUT2D eigenvalue weighted by molar-refractivity contribution is 5.73. The summed E-state index contributed by atoms with van der Waals surface area (Å²) in [5, 5.41) is 5.63. The van der Waals surface area contributed by atoms with Crippen molar-refractivity contribution in [2.24, 2.45) is 5.92 Å². The van der Waals surface area contributed by atoms with E-state index in [0.717, 1.165) is 39.0 Å². The minimum absolute atomic E-state index is 0.0620. The topological polar surface area (TPSA) is 50.4 Å². The Hall–Kier alpha value is -0.770. The van der Waals surface area contributed by atoms with Crippen LogP contribution >= 0.6 is 0 Å². The number of hydrogen-bond acceptors (Lipinski definition) is 2. The Morgan fingerprint density at radius 1 is 1.20 bits per heavy atom. The van der Waals surface area contributed by atoms with Crippen LogP contribution in [0.15, 0.2) is 0 Å². The molecule has 0 atom stereocenters. The molecule has 0 aliphatic carbocycles. The molecule has 90 valence electrons. The number of unbranched alkanes of at least 4 members (excludes halogenated alkanes) is 1. The Labute approximate surface area is 92.8 Å². The summed E-state index contributed by atoms with van der Waals surface area (Å²) in [6.45, 7) is 6.52. The average molecular weight is 216 g/mol. The Morgan fingerprint density at radius 3 is 2.47 bits per heavy atom. The molecular weight excluding hydrogens is 192 g/mol. The van der Waals surface area contributed by atoms with Crippen molar-refractivity contribution in [1.29, 1.82) is 0 Å². The highest BCUT2D eigenvalue weighted by Gasteiger charge is 1.99. The number of carbonyl (C=O) groups is 1. The second-order valence-corrected chi connectivity index (χ2v) is 4.07. The van der Waals surface area contributed by atoms with Crippen LogP contribution in [0.5, 0.6) is 0 Å². The van der Waals surface area contributed by atoms with E-state index in [1.54, 1.807) is 7.11 Å². The summed E-state index contributed by atoms with van der Waals surface area (Å²) in [5.74, 6) is 0.631. The Morgan fingerprint density at radius 2 is 1.87 bits per heavy atom. The second kappa shape index (κ2) is 9.77. The average Bonchev–Trinajstić information content (AvgIpc) is 2.17. The zero-order chi connectivity index (χ0) is 11.5. The lowest BCUT2D eigenvalue weighted by Gasteiger charge is -2.08. The normalized spacial score (nSPS) is 10.4. The fourth-order valence-electron chi connectivity index (χ4n) is 1.11. The van der Waals surface area contributed by atoms with E-state index in [0.29, 0.717) is 5.92 Å². The predicted molar refractivity (Wildman–Crippen MR) is 62.0 cm³/mol. The highest BCUT2D eigenvalue weighted by Crippen LogP contribution is 1.95. The van der Waals surface area contributed by atoms with Crippen molar-refractivity contribution in [3.8, 4) is 0 Å². The van der Waals surface area contributed by atoms with Crippen LogP contribution < -0.4 is 10.6 Å². The SMILES string of the molecule is COCCCCNC(=O)NCCC(C)C. The quantitative estimate of drug-likeness (QED) is 0.607. The third-order valence-electron chi connectivity index (χ3n) is 2.07. The van der Waals surface area contributed by atoms with Crippen LogP contribution in [-0.2, 0) is 4.74 Å². The summed E-state index contributed by atoms with van der Waals surface area (Å²) >= 11 is 0. The first-order chi connectivity index (χ1) is 7.16. The van der Waals surface area contributed by atoms with Gasteiger partial charge in [-0.25, -0.2) is 4.79 Å². The Bertz CT molecular complexity index is 161. The summed E-state index contributed by atoms with van der Waals surface area (Å²) in [6, 6.07) is -0.0620. The highest BCUT2D eigenvalue weighted by atomic mass is 16.5. The molecule has 0 saturated carbocycles. The summed E-state index contributed by atoms with van der Waals surface area (Å²) < 4.78 is 4.91. The van der Waals surface area contributed by atoms with Gasteiger partial charge >= 0.3 is 6.03 Å². The van der Waals surface area contributed by atoms with Crippen molar-refractivity contribution in [2.45, 2.75) is 33.1 Å². The summed E-state index contributed by atoms with van der Waals surface area (Å²) in [5.41, 5.74) is 0. The van der Waals surface area contributed by atoms with Gasteiger partial charge < -0.3 is 15.4 Å². The maximum atomic E-state index is 11.2. The molecule has 0 aromatic rings. The number of hydrogen-bond donors (Lipinski definition) is 2. The fraction of sp³-hybridized carbons (Fsp3) is 0.909. The maximum absolute atomic E-state index is 11.2. The minimum Gasteiger partial charge on any atom is -0.385 e. The molecule has 0 bridgehead atoms. The van der Waals surface area contributed by atoms with E-state index in [-0.39, 0.29) is 6.03 Å². The van der Waals surface area contributed by atoms with Crippen LogP contribution in [0.25, 0.3) is 0 Å². The minimum atomic E-state index is -0.0620. The molecule has 2 amide bonds. The number of ether oxygens (including phenoxy) is 1. The lowest BCUT2D eigenvalue weighted by molar-refractivity contribution is 0.192. The molecule has 0 aliphatic rings. The molecule has 4 nitrogen and oxygen atoms in total. The van der Waals surface area contributed by atoms with Gasteiger partial charge in [-0.05, 0) is 25.2 Å². The molecule has 0 aliphatic heterocycles. The molecular formula is C11H24N2O2. The number of rotatable bonds is 8. The summed E-state index contributed by atoms with van der Waals surface area (Å²) in [7, 11) is 1.69. The van der Waals surface area contributed by atoms with Gasteiger partial charge in [0, 0.05) is 26.8 Å². The molecule has 0 rings (SSSR count). The number of amides is 2. The van der Waals surface area contributed by atoms with Gasteiger partial charge in [-0.3, -0.25) is 0 Å². The fourth-order valence-corrected chi connectivity index (χ4v) is 1.11. The molecule has 0 aromatic carbocycles. The van der Waals surface area contributed by atoms with E-state index in [9.17, 15) is 4.79 Å². The monoisotopic (exact) mass is 216 g/mol. The zero-order valence-corrected chi connectivity index (χ0v) is 10.1. The first-order valence-corrected chi connectivity index (χ1v) is 5.67. The third kappa shape index (κ3) is 11.2. The largest absolute Gasteiger partial charge is 0.385 e. The van der Waals surface area contributed by atoms with Gasteiger partial charge in [0.2, 0.25) is 0 Å². The lowest BCUT2D eigenvalue weighted by Crippen LogP contribution is -2.36. The molecule has 4 heteroatoms. The molecule has 0 fully saturated rings. The molecule has 0 spiro atoms. The van der Waals surface area contributed by atoms with Crippen LogP contribution in [0.3, 0.4) is 0 Å². The molecule has 15 heavy (non-hydrogen) atoms. The zero-order valence-electron chi connectivity index (χ0n) is 10.1. The number of urea groups is 1. The van der Waals surface area contributed by atoms with Crippen LogP contribution in [0.1, 0.15) is 33.1 Å². The predicted octanol–water partition coefficient (Wildman–Crippen LogP) is 1.76. The third-order valence-corrected chi connectivity index (χ3v) is 2.07. The summed E-state index contributed by atoms with van der Waals surface area (Å²) in [4.78, 5) is 11.2. The molecule has 0 unspecified atom stereocenters. The maximum Gasteiger partial charge on any atom is 0.314 e. The van der Waals surface area contributed by atoms with Crippen molar-refractivity contribution in [2.75, 3.05) is 26.8 Å². The van der Waals surface area contributed by atoms with Crippen LogP contribution in [0, 0.1) is 5.92 Å². The standard InChI is InChI=1S/C11H24N2O2/c1-10(2)6-8-13-11(14)12-7-4-5-9-15-3/h10H,4-9H2,1-3H3,(H2,12,13,14). The van der Waals surface area contributed by atoms with Crippen molar-refractivity contribution in [3.05, 3.63) is 0 Å². The van der Waals surface area contributed by atoms with Gasteiger partial charge in [-0.1, -0.05) is 13.8 Å². The Balaban J connectivity index is 3.19. The van der Waals surface area contributed by atoms with E-state index in [4.69, 9.17) is 4.74 Å². The smallest absolute Gasteiger partial charge is 0.314 e. The van der Waals surface area contributed by atoms with E-state index in [1.807, 2.05) is 0 Å². The van der Waals surface area contributed by atoms with Crippen molar-refractivity contribution >= 4 is 6.03 Å². The van der Waals surface area contributed by atoms with Crippen LogP contribution in [-0.4, -0.2) is 32.8 Å². The summed E-state index contributed by atoms with van der Waals surface area (Å²) in [6.07, 6.45) is 2.98. The van der Waals surface area contributed by atoms with E-state index in [1.165, 1.54) is 0 Å². The molecule has 0 heterocycles.